The van der Waals surface area contributed by atoms with E-state index in [-0.39, 0.29) is 25.1 Å². The van der Waals surface area contributed by atoms with Crippen molar-refractivity contribution in [2.45, 2.75) is 25.4 Å². The van der Waals surface area contributed by atoms with Crippen LogP contribution in [0.15, 0.2) is 18.2 Å². The van der Waals surface area contributed by atoms with Gasteiger partial charge in [-0.05, 0) is 24.1 Å². The number of phenols is 1. The highest BCUT2D eigenvalue weighted by Crippen LogP contribution is 2.26. The molecule has 0 fully saturated rings. The maximum atomic E-state index is 11.0. The molecule has 110 valence electrons. The van der Waals surface area contributed by atoms with E-state index in [0.717, 1.165) is 5.56 Å². The fraction of sp³-hybridized carbons (Fsp3) is 0.385. The molecule has 5 N–H and O–H groups in total. The van der Waals surface area contributed by atoms with Gasteiger partial charge in [-0.1, -0.05) is 6.07 Å². The normalized spacial score (nSPS) is 11.8. The monoisotopic (exact) mass is 282 g/mol. The van der Waals surface area contributed by atoms with Crippen molar-refractivity contribution in [1.82, 2.24) is 5.32 Å². The van der Waals surface area contributed by atoms with E-state index in [1.807, 2.05) is 0 Å². The molecule has 0 aliphatic heterocycles. The largest absolute Gasteiger partial charge is 0.504 e. The zero-order valence-corrected chi connectivity index (χ0v) is 11.1. The number of benzene rings is 1. The molecule has 0 spiro atoms. The number of methoxy groups -OCH3 is 1. The molecule has 1 amide bonds. The van der Waals surface area contributed by atoms with Gasteiger partial charge in [0.2, 0.25) is 5.91 Å². The molecule has 0 saturated heterocycles. The summed E-state index contributed by atoms with van der Waals surface area (Å²) < 4.78 is 4.96. The van der Waals surface area contributed by atoms with Crippen molar-refractivity contribution in [2.24, 2.45) is 5.73 Å². The van der Waals surface area contributed by atoms with E-state index >= 15 is 0 Å². The molecule has 0 radical (unpaired) electrons. The Morgan fingerprint density at radius 1 is 1.45 bits per heavy atom. The molecule has 20 heavy (non-hydrogen) atoms. The maximum Gasteiger partial charge on any atom is 0.320 e. The van der Waals surface area contributed by atoms with Crippen LogP contribution >= 0.6 is 0 Å². The van der Waals surface area contributed by atoms with E-state index in [4.69, 9.17) is 15.6 Å². The lowest BCUT2D eigenvalue weighted by molar-refractivity contribution is -0.139. The number of ether oxygens (including phenoxy) is 1. The number of carbonyl (C=O) groups is 2. The number of primary amides is 1. The van der Waals surface area contributed by atoms with Crippen LogP contribution in [0.2, 0.25) is 0 Å². The van der Waals surface area contributed by atoms with Crippen molar-refractivity contribution in [3.8, 4) is 11.5 Å². The van der Waals surface area contributed by atoms with E-state index in [9.17, 15) is 14.7 Å². The van der Waals surface area contributed by atoms with Crippen molar-refractivity contribution in [3.05, 3.63) is 23.8 Å². The first-order valence-electron chi connectivity index (χ1n) is 6.04. The number of phenolic OH excluding ortho intramolecular Hbond substituents is 1. The van der Waals surface area contributed by atoms with Crippen LogP contribution < -0.4 is 15.8 Å². The van der Waals surface area contributed by atoms with E-state index in [2.05, 4.69) is 5.32 Å². The van der Waals surface area contributed by atoms with Gasteiger partial charge in [0.1, 0.15) is 6.04 Å². The molecule has 7 nitrogen and oxygen atoms in total. The third-order valence-corrected chi connectivity index (χ3v) is 2.77. The molecule has 0 bridgehead atoms. The van der Waals surface area contributed by atoms with Crippen LogP contribution in [0.3, 0.4) is 0 Å². The summed E-state index contributed by atoms with van der Waals surface area (Å²) in [6, 6.07) is 3.87. The summed E-state index contributed by atoms with van der Waals surface area (Å²) in [5.41, 5.74) is 5.75. The summed E-state index contributed by atoms with van der Waals surface area (Å²) >= 11 is 0. The highest BCUT2D eigenvalue weighted by Gasteiger charge is 2.17. The molecule has 7 heteroatoms. The Bertz CT molecular complexity index is 490. The summed E-state index contributed by atoms with van der Waals surface area (Å²) in [5.74, 6) is -1.26. The molecule has 1 atom stereocenters. The second-order valence-electron chi connectivity index (χ2n) is 4.28. The van der Waals surface area contributed by atoms with Crippen LogP contribution in [-0.2, 0) is 16.1 Å². The lowest BCUT2D eigenvalue weighted by Gasteiger charge is -2.14. The van der Waals surface area contributed by atoms with E-state index in [0.29, 0.717) is 5.75 Å². The molecular weight excluding hydrogens is 264 g/mol. The third kappa shape index (κ3) is 4.77. The van der Waals surface area contributed by atoms with Crippen LogP contribution in [0.1, 0.15) is 18.4 Å². The van der Waals surface area contributed by atoms with Gasteiger partial charge in [0.25, 0.3) is 0 Å². The van der Waals surface area contributed by atoms with Gasteiger partial charge in [-0.2, -0.15) is 0 Å². The number of rotatable bonds is 8. The summed E-state index contributed by atoms with van der Waals surface area (Å²) in [6.45, 7) is 0.270. The average molecular weight is 282 g/mol. The van der Waals surface area contributed by atoms with Gasteiger partial charge < -0.3 is 26.0 Å². The average Bonchev–Trinajstić information content (AvgIpc) is 2.39. The number of aliphatic carboxylic acids is 1. The smallest absolute Gasteiger partial charge is 0.320 e. The van der Waals surface area contributed by atoms with Gasteiger partial charge in [-0.3, -0.25) is 9.59 Å². The zero-order valence-electron chi connectivity index (χ0n) is 11.1. The molecule has 0 aliphatic carbocycles. The van der Waals surface area contributed by atoms with Crippen molar-refractivity contribution in [3.63, 3.8) is 0 Å². The predicted molar refractivity (Wildman–Crippen MR) is 71.4 cm³/mol. The predicted octanol–water partition coefficient (Wildman–Crippen LogP) is 0.209. The number of carboxylic acids is 1. The topological polar surface area (TPSA) is 122 Å². The molecule has 1 unspecified atom stereocenters. The Morgan fingerprint density at radius 2 is 2.15 bits per heavy atom. The Morgan fingerprint density at radius 3 is 2.70 bits per heavy atom. The first-order chi connectivity index (χ1) is 9.43. The summed E-state index contributed by atoms with van der Waals surface area (Å²) in [6.07, 6.45) is 0.128. The zero-order chi connectivity index (χ0) is 15.1. The minimum atomic E-state index is -1.04. The fourth-order valence-electron chi connectivity index (χ4n) is 1.67. The molecule has 1 rings (SSSR count). The van der Waals surface area contributed by atoms with Gasteiger partial charge in [-0.25, -0.2) is 0 Å². The molecule has 0 aliphatic rings. The minimum absolute atomic E-state index is 0.00284. The summed E-state index contributed by atoms with van der Waals surface area (Å²) in [7, 11) is 1.43. The number of aromatic hydroxyl groups is 1. The number of carbonyl (C=O) groups excluding carboxylic acids is 1. The van der Waals surface area contributed by atoms with E-state index < -0.39 is 17.9 Å². The highest BCUT2D eigenvalue weighted by molar-refractivity contribution is 5.77. The van der Waals surface area contributed by atoms with Crippen molar-refractivity contribution in [1.29, 1.82) is 0 Å². The standard InChI is InChI=1S/C13H18N2O5/c1-20-11-6-8(2-4-10(11)16)7-15-9(13(18)19)3-5-12(14)17/h2,4,6,9,15-16H,3,5,7H2,1H3,(H2,14,17)(H,18,19). The molecule has 0 saturated carbocycles. The Kier molecular flexibility index (Phi) is 5.79. The second kappa shape index (κ2) is 7.34. The Hall–Kier alpha value is -2.28. The first-order valence-corrected chi connectivity index (χ1v) is 6.04. The minimum Gasteiger partial charge on any atom is -0.504 e. The lowest BCUT2D eigenvalue weighted by atomic mass is 10.1. The van der Waals surface area contributed by atoms with Crippen molar-refractivity contribution >= 4 is 11.9 Å². The van der Waals surface area contributed by atoms with E-state index in [1.165, 1.54) is 13.2 Å². The lowest BCUT2D eigenvalue weighted by Crippen LogP contribution is -2.37. The quantitative estimate of drug-likeness (QED) is 0.540. The third-order valence-electron chi connectivity index (χ3n) is 2.77. The SMILES string of the molecule is COc1cc(CNC(CCC(N)=O)C(=O)O)ccc1O. The van der Waals surface area contributed by atoms with Crippen LogP contribution in [-0.4, -0.2) is 35.2 Å². The second-order valence-corrected chi connectivity index (χ2v) is 4.28. The van der Waals surface area contributed by atoms with E-state index in [1.54, 1.807) is 12.1 Å². The van der Waals surface area contributed by atoms with Crippen LogP contribution in [0.25, 0.3) is 0 Å². The van der Waals surface area contributed by atoms with Gasteiger partial charge in [0, 0.05) is 13.0 Å². The number of nitrogens with one attached hydrogen (secondary N) is 1. The molecule has 1 aromatic carbocycles. The molecule has 0 aromatic heterocycles. The van der Waals surface area contributed by atoms with Gasteiger partial charge in [0.15, 0.2) is 11.5 Å². The number of nitrogens with two attached hydrogens (primary N) is 1. The van der Waals surface area contributed by atoms with Gasteiger partial charge >= 0.3 is 5.97 Å². The van der Waals surface area contributed by atoms with Crippen LogP contribution in [0.5, 0.6) is 11.5 Å². The Labute approximate surface area is 116 Å². The van der Waals surface area contributed by atoms with Crippen LogP contribution in [0.4, 0.5) is 0 Å². The number of hydrogen-bond acceptors (Lipinski definition) is 5. The molecule has 1 aromatic rings. The number of amides is 1. The summed E-state index contributed by atoms with van der Waals surface area (Å²) in [4.78, 5) is 21.7. The number of carboxylic acid groups (broad SMARTS) is 1. The fourth-order valence-corrected chi connectivity index (χ4v) is 1.67. The van der Waals surface area contributed by atoms with Crippen LogP contribution in [0, 0.1) is 0 Å². The highest BCUT2D eigenvalue weighted by atomic mass is 16.5. The van der Waals surface area contributed by atoms with Gasteiger partial charge in [-0.15, -0.1) is 0 Å². The van der Waals surface area contributed by atoms with Gasteiger partial charge in [0.05, 0.1) is 7.11 Å². The van der Waals surface area contributed by atoms with Crippen molar-refractivity contribution in [2.75, 3.05) is 7.11 Å². The Balaban J connectivity index is 2.62. The summed E-state index contributed by atoms with van der Waals surface area (Å²) in [5, 5.41) is 21.3. The number of hydrogen-bond donors (Lipinski definition) is 4. The first kappa shape index (κ1) is 15.8. The maximum absolute atomic E-state index is 11.0. The molecule has 0 heterocycles. The molecular formula is C13H18N2O5. The van der Waals surface area contributed by atoms with Crippen molar-refractivity contribution < 1.29 is 24.5 Å².